The summed E-state index contributed by atoms with van der Waals surface area (Å²) in [6, 6.07) is 13.2. The van der Waals surface area contributed by atoms with Crippen LogP contribution < -0.4 is 5.32 Å². The molecular weight excluding hydrogens is 222 g/mol. The molecule has 18 heavy (non-hydrogen) atoms. The second-order valence-corrected chi connectivity index (χ2v) is 5.15. The van der Waals surface area contributed by atoms with Gasteiger partial charge in [0, 0.05) is 0 Å². The van der Waals surface area contributed by atoms with Crippen LogP contribution in [0.5, 0.6) is 0 Å². The molecule has 1 aliphatic rings. The number of hydrogen-bond acceptors (Lipinski definition) is 2. The van der Waals surface area contributed by atoms with Crippen molar-refractivity contribution in [3.8, 4) is 0 Å². The highest BCUT2D eigenvalue weighted by atomic mass is 16.3. The molecule has 0 saturated carbocycles. The molecule has 3 rings (SSSR count). The molecule has 94 valence electrons. The first kappa shape index (κ1) is 11.5. The molecule has 0 saturated heterocycles. The fourth-order valence-corrected chi connectivity index (χ4v) is 3.06. The second kappa shape index (κ2) is 4.62. The minimum atomic E-state index is 0.311. The molecule has 0 fully saturated rings. The summed E-state index contributed by atoms with van der Waals surface area (Å²) in [5.74, 6) is 2.64. The Hall–Kier alpha value is -1.54. The number of rotatable bonds is 3. The standard InChI is InChI=1S/C16H19NO/c1-11-7-8-15(18-11)16(17-2)14-9-12-5-3-4-6-13(12)10-14/h3-8,14,16-17H,9-10H2,1-2H3. The molecule has 0 amide bonds. The van der Waals surface area contributed by atoms with Gasteiger partial charge in [0.05, 0.1) is 6.04 Å². The topological polar surface area (TPSA) is 25.2 Å². The molecular formula is C16H19NO. The molecule has 1 aromatic carbocycles. The number of furan rings is 1. The number of fused-ring (bicyclic) bond motifs is 1. The van der Waals surface area contributed by atoms with Crippen molar-refractivity contribution < 1.29 is 4.42 Å². The van der Waals surface area contributed by atoms with Gasteiger partial charge in [-0.3, -0.25) is 0 Å². The Morgan fingerprint density at radius 2 is 1.78 bits per heavy atom. The lowest BCUT2D eigenvalue weighted by molar-refractivity contribution is 0.327. The Morgan fingerprint density at radius 1 is 1.11 bits per heavy atom. The molecule has 1 heterocycles. The van der Waals surface area contributed by atoms with Crippen LogP contribution in [0.3, 0.4) is 0 Å². The summed E-state index contributed by atoms with van der Waals surface area (Å²) in [4.78, 5) is 0. The van der Waals surface area contributed by atoms with Gasteiger partial charge in [-0.15, -0.1) is 0 Å². The number of benzene rings is 1. The zero-order valence-electron chi connectivity index (χ0n) is 10.9. The van der Waals surface area contributed by atoms with Crippen molar-refractivity contribution in [2.45, 2.75) is 25.8 Å². The average molecular weight is 241 g/mol. The molecule has 0 aliphatic heterocycles. The SMILES string of the molecule is CNC(c1ccc(C)o1)C1Cc2ccccc2C1. The fourth-order valence-electron chi connectivity index (χ4n) is 3.06. The summed E-state index contributed by atoms with van der Waals surface area (Å²) in [6.07, 6.45) is 2.28. The van der Waals surface area contributed by atoms with E-state index in [2.05, 4.69) is 35.6 Å². The highest BCUT2D eigenvalue weighted by molar-refractivity contribution is 5.33. The number of hydrogen-bond donors (Lipinski definition) is 1. The summed E-state index contributed by atoms with van der Waals surface area (Å²) in [5, 5.41) is 3.41. The van der Waals surface area contributed by atoms with E-state index in [-0.39, 0.29) is 0 Å². The van der Waals surface area contributed by atoms with E-state index in [1.807, 2.05) is 20.0 Å². The van der Waals surface area contributed by atoms with Gasteiger partial charge in [0.25, 0.3) is 0 Å². The van der Waals surface area contributed by atoms with Crippen LogP contribution in [0, 0.1) is 12.8 Å². The molecule has 1 aromatic heterocycles. The first-order chi connectivity index (χ1) is 8.78. The van der Waals surface area contributed by atoms with Crippen molar-refractivity contribution in [1.29, 1.82) is 0 Å². The summed E-state index contributed by atoms with van der Waals surface area (Å²) in [7, 11) is 2.02. The highest BCUT2D eigenvalue weighted by Gasteiger charge is 2.30. The van der Waals surface area contributed by atoms with Gasteiger partial charge in [-0.2, -0.15) is 0 Å². The third-order valence-electron chi connectivity index (χ3n) is 3.93. The van der Waals surface area contributed by atoms with Gasteiger partial charge < -0.3 is 9.73 Å². The minimum absolute atomic E-state index is 0.311. The normalized spacial score (nSPS) is 16.8. The predicted molar refractivity (Wildman–Crippen MR) is 72.6 cm³/mol. The van der Waals surface area contributed by atoms with Gasteiger partial charge in [0.2, 0.25) is 0 Å². The Kier molecular flexibility index (Phi) is 2.96. The molecule has 0 radical (unpaired) electrons. The molecule has 0 spiro atoms. The van der Waals surface area contributed by atoms with Crippen molar-refractivity contribution in [3.05, 3.63) is 59.0 Å². The lowest BCUT2D eigenvalue weighted by Gasteiger charge is -2.20. The van der Waals surface area contributed by atoms with Crippen LogP contribution in [0.2, 0.25) is 0 Å². The first-order valence-corrected chi connectivity index (χ1v) is 6.58. The molecule has 1 aliphatic carbocycles. The Labute approximate surface area is 108 Å². The van der Waals surface area contributed by atoms with Gasteiger partial charge in [-0.25, -0.2) is 0 Å². The minimum Gasteiger partial charge on any atom is -0.465 e. The maximum atomic E-state index is 5.79. The van der Waals surface area contributed by atoms with Crippen LogP contribution in [0.15, 0.2) is 40.8 Å². The van der Waals surface area contributed by atoms with Crippen molar-refractivity contribution in [1.82, 2.24) is 5.32 Å². The zero-order valence-corrected chi connectivity index (χ0v) is 10.9. The van der Waals surface area contributed by atoms with E-state index in [0.717, 1.165) is 24.4 Å². The van der Waals surface area contributed by atoms with E-state index in [1.54, 1.807) is 0 Å². The summed E-state index contributed by atoms with van der Waals surface area (Å²) < 4.78 is 5.79. The maximum absolute atomic E-state index is 5.79. The fraction of sp³-hybridized carbons (Fsp3) is 0.375. The third-order valence-corrected chi connectivity index (χ3v) is 3.93. The zero-order chi connectivity index (χ0) is 12.5. The molecule has 1 unspecified atom stereocenters. The maximum Gasteiger partial charge on any atom is 0.121 e. The first-order valence-electron chi connectivity index (χ1n) is 6.58. The molecule has 2 nitrogen and oxygen atoms in total. The van der Waals surface area contributed by atoms with Crippen LogP contribution in [0.1, 0.15) is 28.7 Å². The summed E-state index contributed by atoms with van der Waals surface area (Å²) in [5.41, 5.74) is 2.98. The van der Waals surface area contributed by atoms with Gasteiger partial charge in [0.1, 0.15) is 11.5 Å². The van der Waals surface area contributed by atoms with Crippen LogP contribution in [-0.2, 0) is 12.8 Å². The van der Waals surface area contributed by atoms with E-state index >= 15 is 0 Å². The molecule has 2 aromatic rings. The van der Waals surface area contributed by atoms with Crippen LogP contribution in [0.25, 0.3) is 0 Å². The Morgan fingerprint density at radius 3 is 2.28 bits per heavy atom. The van der Waals surface area contributed by atoms with Crippen molar-refractivity contribution >= 4 is 0 Å². The van der Waals surface area contributed by atoms with Gasteiger partial charge >= 0.3 is 0 Å². The Balaban J connectivity index is 1.83. The van der Waals surface area contributed by atoms with Crippen LogP contribution in [-0.4, -0.2) is 7.05 Å². The second-order valence-electron chi connectivity index (χ2n) is 5.15. The van der Waals surface area contributed by atoms with E-state index in [9.17, 15) is 0 Å². The van der Waals surface area contributed by atoms with E-state index in [0.29, 0.717) is 12.0 Å². The predicted octanol–water partition coefficient (Wildman–Crippen LogP) is 3.26. The van der Waals surface area contributed by atoms with Crippen molar-refractivity contribution in [2.24, 2.45) is 5.92 Å². The van der Waals surface area contributed by atoms with Gasteiger partial charge in [-0.05, 0) is 56.0 Å². The molecule has 0 bridgehead atoms. The van der Waals surface area contributed by atoms with Gasteiger partial charge in [-0.1, -0.05) is 24.3 Å². The number of aryl methyl sites for hydroxylation is 1. The number of nitrogens with one attached hydrogen (secondary N) is 1. The average Bonchev–Trinajstić information content (AvgIpc) is 2.96. The highest BCUT2D eigenvalue weighted by Crippen LogP contribution is 2.35. The largest absolute Gasteiger partial charge is 0.465 e. The Bertz CT molecular complexity index is 519. The third kappa shape index (κ3) is 1.97. The summed E-state index contributed by atoms with van der Waals surface area (Å²) >= 11 is 0. The smallest absolute Gasteiger partial charge is 0.121 e. The van der Waals surface area contributed by atoms with Gasteiger partial charge in [0.15, 0.2) is 0 Å². The molecule has 1 atom stereocenters. The van der Waals surface area contributed by atoms with Crippen LogP contribution in [0.4, 0.5) is 0 Å². The van der Waals surface area contributed by atoms with E-state index in [4.69, 9.17) is 4.42 Å². The van der Waals surface area contributed by atoms with E-state index < -0.39 is 0 Å². The van der Waals surface area contributed by atoms with Crippen LogP contribution >= 0.6 is 0 Å². The molecule has 1 N–H and O–H groups in total. The van der Waals surface area contributed by atoms with E-state index in [1.165, 1.54) is 11.1 Å². The lowest BCUT2D eigenvalue weighted by Crippen LogP contribution is -2.25. The summed E-state index contributed by atoms with van der Waals surface area (Å²) in [6.45, 7) is 2.00. The lowest BCUT2D eigenvalue weighted by atomic mass is 9.95. The molecule has 2 heteroatoms. The quantitative estimate of drug-likeness (QED) is 0.892. The monoisotopic (exact) mass is 241 g/mol. The van der Waals surface area contributed by atoms with Crippen molar-refractivity contribution in [3.63, 3.8) is 0 Å². The van der Waals surface area contributed by atoms with Crippen molar-refractivity contribution in [2.75, 3.05) is 7.05 Å².